The number of ether oxygens (including phenoxy) is 3. The lowest BCUT2D eigenvalue weighted by atomic mass is 9.92. The second kappa shape index (κ2) is 8.01. The molecule has 0 bridgehead atoms. The summed E-state index contributed by atoms with van der Waals surface area (Å²) in [7, 11) is 3.20. The van der Waals surface area contributed by atoms with E-state index in [0.717, 1.165) is 22.4 Å². The number of benzene rings is 2. The average molecular weight is 394 g/mol. The van der Waals surface area contributed by atoms with Gasteiger partial charge in [0, 0.05) is 17.2 Å². The van der Waals surface area contributed by atoms with E-state index in [1.165, 1.54) is 0 Å². The summed E-state index contributed by atoms with van der Waals surface area (Å²) in [6, 6.07) is 9.21. The third kappa shape index (κ3) is 4.12. The van der Waals surface area contributed by atoms with Crippen LogP contribution in [0.1, 0.15) is 30.5 Å². The first-order valence-corrected chi connectivity index (χ1v) is 9.26. The molecule has 0 spiro atoms. The van der Waals surface area contributed by atoms with E-state index in [-0.39, 0.29) is 12.5 Å². The number of anilines is 1. The van der Waals surface area contributed by atoms with E-state index in [1.807, 2.05) is 50.3 Å². The molecule has 0 saturated heterocycles. The molecule has 2 aromatic rings. The van der Waals surface area contributed by atoms with Crippen molar-refractivity contribution in [3.63, 3.8) is 0 Å². The number of hydrogen-bond acceptors (Lipinski definition) is 5. The van der Waals surface area contributed by atoms with Gasteiger partial charge < -0.3 is 25.3 Å². The molecule has 6 nitrogen and oxygen atoms in total. The first-order valence-electron chi connectivity index (χ1n) is 9.26. The molecule has 0 aliphatic carbocycles. The van der Waals surface area contributed by atoms with Crippen LogP contribution >= 0.6 is 0 Å². The van der Waals surface area contributed by atoms with Gasteiger partial charge in [-0.2, -0.15) is 0 Å². The van der Waals surface area contributed by atoms with Crippen molar-refractivity contribution < 1.29 is 19.0 Å². The molecule has 1 aliphatic rings. The van der Waals surface area contributed by atoms with E-state index in [4.69, 9.17) is 19.9 Å². The fraction of sp³-hybridized carbons (Fsp3) is 0.261. The second-order valence-electron chi connectivity index (χ2n) is 7.24. The van der Waals surface area contributed by atoms with Crippen molar-refractivity contribution in [2.75, 3.05) is 26.1 Å². The van der Waals surface area contributed by atoms with Gasteiger partial charge in [-0.05, 0) is 55.8 Å². The number of rotatable bonds is 6. The Hall–Kier alpha value is -3.25. The summed E-state index contributed by atoms with van der Waals surface area (Å²) < 4.78 is 17.1. The van der Waals surface area contributed by atoms with Gasteiger partial charge in [0.25, 0.3) is 0 Å². The van der Waals surface area contributed by atoms with E-state index >= 15 is 0 Å². The summed E-state index contributed by atoms with van der Waals surface area (Å²) in [5.74, 6) is 1.72. The van der Waals surface area contributed by atoms with Crippen LogP contribution in [0.3, 0.4) is 0 Å². The van der Waals surface area contributed by atoms with Gasteiger partial charge in [0.2, 0.25) is 5.91 Å². The molecule has 152 valence electrons. The smallest absolute Gasteiger partial charge is 0.238 e. The average Bonchev–Trinajstić information content (AvgIpc) is 2.71. The van der Waals surface area contributed by atoms with Gasteiger partial charge in [-0.3, -0.25) is 4.79 Å². The zero-order valence-corrected chi connectivity index (χ0v) is 17.2. The molecule has 3 N–H and O–H groups in total. The molecule has 0 atom stereocenters. The predicted octanol–water partition coefficient (Wildman–Crippen LogP) is 3.85. The Bertz CT molecular complexity index is 993. The minimum Gasteiger partial charge on any atom is -0.497 e. The van der Waals surface area contributed by atoms with Crippen molar-refractivity contribution >= 4 is 23.2 Å². The summed E-state index contributed by atoms with van der Waals surface area (Å²) in [6.45, 7) is 8.14. The largest absolute Gasteiger partial charge is 0.497 e. The minimum absolute atomic E-state index is 0.122. The van der Waals surface area contributed by atoms with Crippen LogP contribution in [0.15, 0.2) is 43.0 Å². The summed E-state index contributed by atoms with van der Waals surface area (Å²) >= 11 is 0. The number of fused-ring (bicyclic) bond motifs is 1. The van der Waals surface area contributed by atoms with E-state index in [9.17, 15) is 4.79 Å². The van der Waals surface area contributed by atoms with Gasteiger partial charge in [0.15, 0.2) is 0 Å². The van der Waals surface area contributed by atoms with Crippen molar-refractivity contribution in [2.24, 2.45) is 5.73 Å². The Balaban J connectivity index is 2.13. The highest BCUT2D eigenvalue weighted by molar-refractivity contribution is 5.98. The Morgan fingerprint density at radius 1 is 1.17 bits per heavy atom. The van der Waals surface area contributed by atoms with E-state index in [0.29, 0.717) is 22.8 Å². The molecule has 2 aromatic carbocycles. The maximum Gasteiger partial charge on any atom is 0.238 e. The molecule has 1 aliphatic heterocycles. The van der Waals surface area contributed by atoms with Crippen LogP contribution in [0.5, 0.6) is 17.2 Å². The van der Waals surface area contributed by atoms with Gasteiger partial charge in [-0.1, -0.05) is 6.58 Å². The highest BCUT2D eigenvalue weighted by atomic mass is 16.5. The van der Waals surface area contributed by atoms with Gasteiger partial charge in [0.1, 0.15) is 22.8 Å². The lowest BCUT2D eigenvalue weighted by molar-refractivity contribution is -0.114. The van der Waals surface area contributed by atoms with Crippen LogP contribution < -0.4 is 25.3 Å². The molecule has 1 amide bonds. The minimum atomic E-state index is -0.467. The zero-order valence-electron chi connectivity index (χ0n) is 17.2. The lowest BCUT2D eigenvalue weighted by Crippen LogP contribution is -2.28. The van der Waals surface area contributed by atoms with Gasteiger partial charge in [0.05, 0.1) is 32.0 Å². The topological polar surface area (TPSA) is 82.8 Å². The fourth-order valence-electron chi connectivity index (χ4n) is 3.21. The number of carbonyl (C=O) groups excluding carboxylic acids is 1. The highest BCUT2D eigenvalue weighted by Crippen LogP contribution is 2.44. The van der Waals surface area contributed by atoms with Gasteiger partial charge >= 0.3 is 0 Å². The number of amides is 1. The molecule has 0 aromatic heterocycles. The van der Waals surface area contributed by atoms with Crippen LogP contribution in [0.25, 0.3) is 11.6 Å². The lowest BCUT2D eigenvalue weighted by Gasteiger charge is -2.31. The van der Waals surface area contributed by atoms with Crippen molar-refractivity contribution in [3.8, 4) is 17.2 Å². The van der Waals surface area contributed by atoms with Crippen molar-refractivity contribution in [3.05, 3.63) is 59.7 Å². The normalized spacial score (nSPS) is 13.8. The molecule has 0 fully saturated rings. The Kier molecular flexibility index (Phi) is 5.66. The van der Waals surface area contributed by atoms with Crippen molar-refractivity contribution in [1.29, 1.82) is 0 Å². The molecule has 29 heavy (non-hydrogen) atoms. The number of methoxy groups -OCH3 is 2. The molecule has 1 heterocycles. The monoisotopic (exact) mass is 394 g/mol. The summed E-state index contributed by atoms with van der Waals surface area (Å²) in [4.78, 5) is 11.9. The molecule has 3 rings (SSSR count). The summed E-state index contributed by atoms with van der Waals surface area (Å²) in [5, 5.41) is 2.82. The Morgan fingerprint density at radius 3 is 2.55 bits per heavy atom. The van der Waals surface area contributed by atoms with E-state index in [1.54, 1.807) is 20.3 Å². The van der Waals surface area contributed by atoms with Crippen LogP contribution in [-0.2, 0) is 4.79 Å². The van der Waals surface area contributed by atoms with Gasteiger partial charge in [-0.25, -0.2) is 0 Å². The van der Waals surface area contributed by atoms with Gasteiger partial charge in [-0.15, -0.1) is 0 Å². The third-order valence-electron chi connectivity index (χ3n) is 4.73. The van der Waals surface area contributed by atoms with Crippen LogP contribution in [-0.4, -0.2) is 32.3 Å². The molecule has 6 heteroatoms. The third-order valence-corrected chi connectivity index (χ3v) is 4.73. The molecule has 0 unspecified atom stereocenters. The van der Waals surface area contributed by atoms with Crippen LogP contribution in [0.2, 0.25) is 0 Å². The SMILES string of the molecule is C=C(c1ccc(OC)cc1NC(=O)CN)c1ccc(OC)c2c1OC(C)(C)C=C2. The first-order chi connectivity index (χ1) is 13.8. The maximum atomic E-state index is 11.9. The number of carbonyl (C=O) groups is 1. The molecule has 0 saturated carbocycles. The number of hydrogen-bond donors (Lipinski definition) is 2. The van der Waals surface area contributed by atoms with E-state index < -0.39 is 5.60 Å². The van der Waals surface area contributed by atoms with Crippen molar-refractivity contribution in [1.82, 2.24) is 0 Å². The predicted molar refractivity (Wildman–Crippen MR) is 116 cm³/mol. The standard InChI is InChI=1S/C23H26N2O4/c1-14(16-7-6-15(27-4)12-19(16)25-21(26)13-24)17-8-9-20(28-5)18-10-11-23(2,3)29-22(17)18/h6-12H,1,13,24H2,2-5H3,(H,25,26). The van der Waals surface area contributed by atoms with Crippen LogP contribution in [0.4, 0.5) is 5.69 Å². The number of nitrogens with one attached hydrogen (secondary N) is 1. The van der Waals surface area contributed by atoms with Crippen molar-refractivity contribution in [2.45, 2.75) is 19.4 Å². The quantitative estimate of drug-likeness (QED) is 0.778. The zero-order chi connectivity index (χ0) is 21.2. The maximum absolute atomic E-state index is 11.9. The fourth-order valence-corrected chi connectivity index (χ4v) is 3.21. The van der Waals surface area contributed by atoms with Crippen LogP contribution in [0, 0.1) is 0 Å². The molecular weight excluding hydrogens is 368 g/mol. The molecular formula is C23H26N2O4. The number of nitrogens with two attached hydrogens (primary N) is 1. The highest BCUT2D eigenvalue weighted by Gasteiger charge is 2.27. The Labute approximate surface area is 171 Å². The van der Waals surface area contributed by atoms with E-state index in [2.05, 4.69) is 11.9 Å². The molecule has 0 radical (unpaired) electrons. The summed E-state index contributed by atoms with van der Waals surface area (Å²) in [6.07, 6.45) is 3.99. The second-order valence-corrected chi connectivity index (χ2v) is 7.24. The summed E-state index contributed by atoms with van der Waals surface area (Å²) in [5.41, 5.74) is 8.69. The Morgan fingerprint density at radius 2 is 1.90 bits per heavy atom. The first kappa shape index (κ1) is 20.5.